The first-order valence-corrected chi connectivity index (χ1v) is 10.7. The Hall–Kier alpha value is -1.48. The monoisotopic (exact) mass is 412 g/mol. The third kappa shape index (κ3) is 6.50. The molecule has 164 valence electrons. The maximum atomic E-state index is 12.3. The van der Waals surface area contributed by atoms with Gasteiger partial charge in [0, 0.05) is 32.6 Å². The smallest absolute Gasteiger partial charge is 0.308 e. The molecule has 0 aromatic carbocycles. The van der Waals surface area contributed by atoms with Crippen molar-refractivity contribution in [3.63, 3.8) is 0 Å². The molecule has 0 N–H and O–H groups in total. The third-order valence-corrected chi connectivity index (χ3v) is 5.72. The Balaban J connectivity index is 1.34. The molecule has 2 saturated carbocycles. The second kappa shape index (κ2) is 10.5. The SMILES string of the molecule is CC(=O)OC/C=C/CCOC(=O)C1CCC2(CC1)OOC1(CCCCCC1)OO2. The Morgan fingerprint density at radius 3 is 2.03 bits per heavy atom. The van der Waals surface area contributed by atoms with Gasteiger partial charge in [-0.2, -0.15) is 19.6 Å². The van der Waals surface area contributed by atoms with Crippen molar-refractivity contribution < 1.29 is 38.6 Å². The molecule has 3 rings (SSSR count). The zero-order chi connectivity index (χ0) is 20.6. The molecule has 3 aliphatic rings. The van der Waals surface area contributed by atoms with Crippen LogP contribution in [0.3, 0.4) is 0 Å². The highest BCUT2D eigenvalue weighted by Crippen LogP contribution is 2.44. The van der Waals surface area contributed by atoms with E-state index in [4.69, 9.17) is 29.0 Å². The number of rotatable bonds is 6. The fourth-order valence-electron chi connectivity index (χ4n) is 3.92. The van der Waals surface area contributed by atoms with Gasteiger partial charge < -0.3 is 9.47 Å². The van der Waals surface area contributed by atoms with Crippen LogP contribution in [0.5, 0.6) is 0 Å². The lowest BCUT2D eigenvalue weighted by molar-refractivity contribution is -0.661. The Kier molecular flexibility index (Phi) is 8.06. The summed E-state index contributed by atoms with van der Waals surface area (Å²) in [5.41, 5.74) is 0. The first-order chi connectivity index (χ1) is 14.0. The van der Waals surface area contributed by atoms with Crippen molar-refractivity contribution in [3.8, 4) is 0 Å². The van der Waals surface area contributed by atoms with Gasteiger partial charge in [-0.15, -0.1) is 0 Å². The van der Waals surface area contributed by atoms with E-state index in [2.05, 4.69) is 0 Å². The summed E-state index contributed by atoms with van der Waals surface area (Å²) in [6, 6.07) is 0. The molecule has 1 aliphatic heterocycles. The van der Waals surface area contributed by atoms with E-state index >= 15 is 0 Å². The second-order valence-corrected chi connectivity index (χ2v) is 8.07. The van der Waals surface area contributed by atoms with Gasteiger partial charge in [-0.05, 0) is 32.1 Å². The van der Waals surface area contributed by atoms with Gasteiger partial charge in [0.1, 0.15) is 6.61 Å². The summed E-state index contributed by atoms with van der Waals surface area (Å²) in [6.07, 6.45) is 12.3. The van der Waals surface area contributed by atoms with Crippen LogP contribution in [0.25, 0.3) is 0 Å². The number of carbonyl (C=O) groups excluding carboxylic acids is 2. The molecule has 0 unspecified atom stereocenters. The summed E-state index contributed by atoms with van der Waals surface area (Å²) in [7, 11) is 0. The zero-order valence-corrected chi connectivity index (χ0v) is 17.2. The largest absolute Gasteiger partial charge is 0.465 e. The lowest BCUT2D eigenvalue weighted by atomic mass is 9.85. The van der Waals surface area contributed by atoms with Crippen LogP contribution in [0.1, 0.15) is 77.6 Å². The average molecular weight is 412 g/mol. The number of carbonyl (C=O) groups is 2. The van der Waals surface area contributed by atoms with E-state index < -0.39 is 11.6 Å². The van der Waals surface area contributed by atoms with Gasteiger partial charge >= 0.3 is 11.9 Å². The molecule has 8 heteroatoms. The maximum Gasteiger partial charge on any atom is 0.308 e. The summed E-state index contributed by atoms with van der Waals surface area (Å²) < 4.78 is 10.1. The minimum atomic E-state index is -0.923. The van der Waals surface area contributed by atoms with E-state index in [9.17, 15) is 9.59 Å². The summed E-state index contributed by atoms with van der Waals surface area (Å²) in [5.74, 6) is -2.39. The Labute approximate surface area is 171 Å². The number of hydrogen-bond donors (Lipinski definition) is 0. The van der Waals surface area contributed by atoms with Gasteiger partial charge in [0.25, 0.3) is 0 Å². The van der Waals surface area contributed by atoms with Crippen molar-refractivity contribution in [2.75, 3.05) is 13.2 Å². The predicted molar refractivity (Wildman–Crippen MR) is 101 cm³/mol. The Bertz CT molecular complexity index is 559. The van der Waals surface area contributed by atoms with Crippen molar-refractivity contribution in [1.82, 2.24) is 0 Å². The third-order valence-electron chi connectivity index (χ3n) is 5.72. The fraction of sp³-hybridized carbons (Fsp3) is 0.810. The van der Waals surface area contributed by atoms with Crippen LogP contribution < -0.4 is 0 Å². The maximum absolute atomic E-state index is 12.3. The highest BCUT2D eigenvalue weighted by Gasteiger charge is 2.51. The first kappa shape index (κ1) is 22.2. The van der Waals surface area contributed by atoms with E-state index in [1.165, 1.54) is 19.8 Å². The molecule has 0 atom stereocenters. The topological polar surface area (TPSA) is 89.5 Å². The van der Waals surface area contributed by atoms with Crippen LogP contribution in [-0.4, -0.2) is 36.7 Å². The quantitative estimate of drug-likeness (QED) is 0.281. The number of esters is 2. The van der Waals surface area contributed by atoms with Crippen molar-refractivity contribution in [2.45, 2.75) is 89.1 Å². The zero-order valence-electron chi connectivity index (χ0n) is 17.2. The van der Waals surface area contributed by atoms with Crippen LogP contribution >= 0.6 is 0 Å². The number of ether oxygens (including phenoxy) is 2. The van der Waals surface area contributed by atoms with E-state index in [-0.39, 0.29) is 24.5 Å². The molecule has 0 aromatic heterocycles. The molecule has 29 heavy (non-hydrogen) atoms. The standard InChI is InChI=1S/C21H32O8/c1-17(22)24-15-7-4-8-16-25-19(23)18-9-13-21(14-10-18)28-26-20(27-29-21)11-5-2-3-6-12-20/h4,7,18H,2-3,5-6,8-16H2,1H3/b7-4+. The molecule has 0 radical (unpaired) electrons. The number of hydrogen-bond acceptors (Lipinski definition) is 8. The summed E-state index contributed by atoms with van der Waals surface area (Å²) in [4.78, 5) is 45.7. The fourth-order valence-corrected chi connectivity index (χ4v) is 3.92. The van der Waals surface area contributed by atoms with E-state index in [0.717, 1.165) is 25.7 Å². The van der Waals surface area contributed by atoms with Gasteiger partial charge in [0.2, 0.25) is 11.6 Å². The predicted octanol–water partition coefficient (Wildman–Crippen LogP) is 3.89. The summed E-state index contributed by atoms with van der Waals surface area (Å²) in [5, 5.41) is 0. The molecule has 0 bridgehead atoms. The molecule has 0 amide bonds. The highest BCUT2D eigenvalue weighted by atomic mass is 17.4. The van der Waals surface area contributed by atoms with Crippen LogP contribution in [0.2, 0.25) is 0 Å². The Morgan fingerprint density at radius 1 is 0.862 bits per heavy atom. The average Bonchev–Trinajstić information content (AvgIpc) is 2.96. The van der Waals surface area contributed by atoms with Gasteiger partial charge in [-0.3, -0.25) is 9.59 Å². The normalized spacial score (nSPS) is 24.4. The second-order valence-electron chi connectivity index (χ2n) is 8.07. The highest BCUT2D eigenvalue weighted by molar-refractivity contribution is 5.72. The molecule has 1 saturated heterocycles. The molecular weight excluding hydrogens is 380 g/mol. The van der Waals surface area contributed by atoms with Crippen molar-refractivity contribution in [2.24, 2.45) is 5.92 Å². The van der Waals surface area contributed by atoms with Gasteiger partial charge in [-0.25, -0.2) is 0 Å². The Morgan fingerprint density at radius 2 is 1.45 bits per heavy atom. The lowest BCUT2D eigenvalue weighted by Gasteiger charge is -2.45. The van der Waals surface area contributed by atoms with Crippen LogP contribution in [0, 0.1) is 5.92 Å². The van der Waals surface area contributed by atoms with Crippen molar-refractivity contribution >= 4 is 11.9 Å². The van der Waals surface area contributed by atoms with Crippen LogP contribution in [0.15, 0.2) is 12.2 Å². The van der Waals surface area contributed by atoms with Crippen LogP contribution in [-0.2, 0) is 38.6 Å². The van der Waals surface area contributed by atoms with Gasteiger partial charge in [0.15, 0.2) is 0 Å². The molecule has 8 nitrogen and oxygen atoms in total. The van der Waals surface area contributed by atoms with Gasteiger partial charge in [0.05, 0.1) is 12.5 Å². The minimum absolute atomic E-state index is 0.174. The molecular formula is C21H32O8. The molecule has 2 spiro atoms. The van der Waals surface area contributed by atoms with E-state index in [0.29, 0.717) is 38.7 Å². The van der Waals surface area contributed by atoms with Gasteiger partial charge in [-0.1, -0.05) is 25.0 Å². The lowest BCUT2D eigenvalue weighted by Crippen LogP contribution is -2.52. The summed E-state index contributed by atoms with van der Waals surface area (Å²) >= 11 is 0. The van der Waals surface area contributed by atoms with Crippen molar-refractivity contribution in [1.29, 1.82) is 0 Å². The molecule has 3 fully saturated rings. The van der Waals surface area contributed by atoms with E-state index in [1.807, 2.05) is 6.08 Å². The van der Waals surface area contributed by atoms with E-state index in [1.54, 1.807) is 6.08 Å². The van der Waals surface area contributed by atoms with Crippen molar-refractivity contribution in [3.05, 3.63) is 12.2 Å². The molecule has 0 aromatic rings. The first-order valence-electron chi connectivity index (χ1n) is 10.7. The molecule has 2 aliphatic carbocycles. The van der Waals surface area contributed by atoms with Crippen LogP contribution in [0.4, 0.5) is 0 Å². The summed E-state index contributed by atoms with van der Waals surface area (Å²) in [6.45, 7) is 1.90. The minimum Gasteiger partial charge on any atom is -0.465 e. The molecule has 1 heterocycles.